The van der Waals surface area contributed by atoms with Crippen molar-refractivity contribution in [1.82, 2.24) is 15.1 Å². The molecule has 0 saturated carbocycles. The Bertz CT molecular complexity index is 1350. The van der Waals surface area contributed by atoms with Crippen LogP contribution in [-0.4, -0.2) is 55.0 Å². The number of methoxy groups -OCH3 is 2. The number of benzene rings is 3. The van der Waals surface area contributed by atoms with Gasteiger partial charge in [0.15, 0.2) is 0 Å². The lowest BCUT2D eigenvalue weighted by molar-refractivity contribution is -0.139. The Morgan fingerprint density at radius 1 is 1.06 bits per heavy atom. The Morgan fingerprint density at radius 2 is 1.83 bits per heavy atom. The fraction of sp³-hybridized carbons (Fsp3) is 0.321. The number of fused-ring (bicyclic) bond motifs is 1. The van der Waals surface area contributed by atoms with E-state index in [9.17, 15) is 14.4 Å². The number of hydrogen-bond acceptors (Lipinski definition) is 5. The third-order valence-corrected chi connectivity index (χ3v) is 7.27. The minimum absolute atomic E-state index is 0.229. The van der Waals surface area contributed by atoms with Crippen LogP contribution >= 0.6 is 0 Å². The van der Waals surface area contributed by atoms with Gasteiger partial charge in [-0.25, -0.2) is 4.79 Å². The highest BCUT2D eigenvalue weighted by molar-refractivity contribution is 6.10. The van der Waals surface area contributed by atoms with Crippen LogP contribution in [0.2, 0.25) is 0 Å². The Labute approximate surface area is 209 Å². The van der Waals surface area contributed by atoms with Crippen molar-refractivity contribution in [2.75, 3.05) is 27.3 Å². The second-order valence-electron chi connectivity index (χ2n) is 9.33. The molecule has 2 heterocycles. The summed E-state index contributed by atoms with van der Waals surface area (Å²) in [6, 6.07) is 18.1. The van der Waals surface area contributed by atoms with Gasteiger partial charge in [0.05, 0.1) is 20.3 Å². The number of urea groups is 1. The molecule has 0 aromatic heterocycles. The summed E-state index contributed by atoms with van der Waals surface area (Å²) in [4.78, 5) is 42.8. The molecule has 0 spiro atoms. The van der Waals surface area contributed by atoms with E-state index in [4.69, 9.17) is 9.47 Å². The molecule has 1 N–H and O–H groups in total. The molecular weight excluding hydrogens is 458 g/mol. The topological polar surface area (TPSA) is 88.2 Å². The van der Waals surface area contributed by atoms with E-state index >= 15 is 0 Å². The summed E-state index contributed by atoms with van der Waals surface area (Å²) in [6.07, 6.45) is 1.56. The zero-order valence-electron chi connectivity index (χ0n) is 20.6. The normalized spacial score (nSPS) is 21.7. The van der Waals surface area contributed by atoms with Gasteiger partial charge in [0, 0.05) is 12.1 Å². The first-order valence-corrected chi connectivity index (χ1v) is 12.0. The number of carbonyl (C=O) groups is 3. The molecule has 0 radical (unpaired) electrons. The molecule has 5 rings (SSSR count). The van der Waals surface area contributed by atoms with Gasteiger partial charge in [-0.3, -0.25) is 14.5 Å². The van der Waals surface area contributed by atoms with Crippen LogP contribution < -0.4 is 14.8 Å². The maximum Gasteiger partial charge on any atom is 0.325 e. The molecule has 4 amide bonds. The second-order valence-corrected chi connectivity index (χ2v) is 9.33. The monoisotopic (exact) mass is 487 g/mol. The average molecular weight is 488 g/mol. The van der Waals surface area contributed by atoms with E-state index in [1.165, 1.54) is 0 Å². The average Bonchev–Trinajstić information content (AvgIpc) is 3.47. The molecule has 2 aliphatic heterocycles. The van der Waals surface area contributed by atoms with Gasteiger partial charge in [0.2, 0.25) is 5.91 Å². The Balaban J connectivity index is 1.40. The summed E-state index contributed by atoms with van der Waals surface area (Å²) in [7, 11) is 3.18. The number of imide groups is 1. The smallest absolute Gasteiger partial charge is 0.325 e. The minimum Gasteiger partial charge on any atom is -0.497 e. The van der Waals surface area contributed by atoms with Crippen LogP contribution in [0, 0.1) is 0 Å². The van der Waals surface area contributed by atoms with E-state index in [2.05, 4.69) is 5.32 Å². The second kappa shape index (κ2) is 9.18. The summed E-state index contributed by atoms with van der Waals surface area (Å²) in [6.45, 7) is 1.90. The van der Waals surface area contributed by atoms with Crippen LogP contribution in [0.3, 0.4) is 0 Å². The van der Waals surface area contributed by atoms with E-state index in [0.29, 0.717) is 23.6 Å². The standard InChI is InChI=1S/C28H29N3O5/c1-28(22-11-6-9-18-8-4-5-10-20(18)22)26(33)31(27(34)29-28)17-25(32)30-15-7-12-23(30)21-16-19(35-2)13-14-24(21)36-3/h4-6,8-11,13-14,16,23H,7,12,15,17H2,1-3H3,(H,29,34)/t23-,28+/m0/s1. The Kier molecular flexibility index (Phi) is 6.04. The molecule has 8 nitrogen and oxygen atoms in total. The number of carbonyl (C=O) groups excluding carboxylic acids is 3. The molecule has 0 unspecified atom stereocenters. The molecule has 36 heavy (non-hydrogen) atoms. The van der Waals surface area contributed by atoms with Crippen LogP contribution in [0.5, 0.6) is 11.5 Å². The Morgan fingerprint density at radius 3 is 2.61 bits per heavy atom. The van der Waals surface area contributed by atoms with E-state index in [0.717, 1.165) is 34.1 Å². The predicted molar refractivity (Wildman–Crippen MR) is 135 cm³/mol. The lowest BCUT2D eigenvalue weighted by Crippen LogP contribution is -2.44. The highest BCUT2D eigenvalue weighted by Crippen LogP contribution is 2.39. The molecule has 0 aliphatic carbocycles. The molecule has 2 aliphatic rings. The molecule has 3 aromatic rings. The summed E-state index contributed by atoms with van der Waals surface area (Å²) >= 11 is 0. The van der Waals surface area contributed by atoms with Crippen molar-refractivity contribution in [2.24, 2.45) is 0 Å². The molecule has 0 bridgehead atoms. The van der Waals surface area contributed by atoms with Crippen molar-refractivity contribution in [3.63, 3.8) is 0 Å². The van der Waals surface area contributed by atoms with Gasteiger partial charge in [-0.2, -0.15) is 0 Å². The molecule has 2 saturated heterocycles. The molecule has 2 fully saturated rings. The first-order valence-electron chi connectivity index (χ1n) is 12.0. The van der Waals surface area contributed by atoms with E-state index in [1.807, 2.05) is 60.7 Å². The van der Waals surface area contributed by atoms with Crippen molar-refractivity contribution >= 4 is 28.6 Å². The SMILES string of the molecule is COc1ccc(OC)c([C@@H]2CCCN2C(=O)CN2C(=O)N[C@](C)(c3cccc4ccccc34)C2=O)c1. The molecule has 2 atom stereocenters. The van der Waals surface area contributed by atoms with Gasteiger partial charge in [-0.1, -0.05) is 42.5 Å². The molecule has 8 heteroatoms. The quantitative estimate of drug-likeness (QED) is 0.532. The van der Waals surface area contributed by atoms with Crippen molar-refractivity contribution in [2.45, 2.75) is 31.3 Å². The van der Waals surface area contributed by atoms with Gasteiger partial charge in [-0.15, -0.1) is 0 Å². The van der Waals surface area contributed by atoms with E-state index in [1.54, 1.807) is 26.0 Å². The van der Waals surface area contributed by atoms with E-state index in [-0.39, 0.29) is 18.5 Å². The summed E-state index contributed by atoms with van der Waals surface area (Å²) in [5.41, 5.74) is 0.285. The third kappa shape index (κ3) is 3.82. The number of nitrogens with one attached hydrogen (secondary N) is 1. The van der Waals surface area contributed by atoms with Gasteiger partial charge >= 0.3 is 6.03 Å². The summed E-state index contributed by atoms with van der Waals surface area (Å²) < 4.78 is 10.9. The molecule has 3 aromatic carbocycles. The van der Waals surface area contributed by atoms with Crippen molar-refractivity contribution in [1.29, 1.82) is 0 Å². The number of rotatable bonds is 6. The molecular formula is C28H29N3O5. The van der Waals surface area contributed by atoms with Crippen LogP contribution in [0.25, 0.3) is 10.8 Å². The van der Waals surface area contributed by atoms with Crippen LogP contribution in [0.4, 0.5) is 4.79 Å². The summed E-state index contributed by atoms with van der Waals surface area (Å²) in [5.74, 6) is 0.615. The third-order valence-electron chi connectivity index (χ3n) is 7.27. The van der Waals surface area contributed by atoms with Crippen LogP contribution in [0.15, 0.2) is 60.7 Å². The number of likely N-dealkylation sites (tertiary alicyclic amines) is 1. The fourth-order valence-electron chi connectivity index (χ4n) is 5.40. The van der Waals surface area contributed by atoms with Crippen molar-refractivity contribution in [3.05, 3.63) is 71.8 Å². The number of ether oxygens (including phenoxy) is 2. The minimum atomic E-state index is -1.27. The maximum absolute atomic E-state index is 13.6. The first-order chi connectivity index (χ1) is 17.4. The predicted octanol–water partition coefficient (Wildman–Crippen LogP) is 3.99. The Hall–Kier alpha value is -4.07. The van der Waals surface area contributed by atoms with Gasteiger partial charge in [0.25, 0.3) is 5.91 Å². The largest absolute Gasteiger partial charge is 0.497 e. The number of amides is 4. The highest BCUT2D eigenvalue weighted by atomic mass is 16.5. The lowest BCUT2D eigenvalue weighted by Gasteiger charge is -2.28. The zero-order chi connectivity index (χ0) is 25.4. The van der Waals surface area contributed by atoms with Crippen LogP contribution in [0.1, 0.15) is 36.9 Å². The van der Waals surface area contributed by atoms with Crippen molar-refractivity contribution < 1.29 is 23.9 Å². The van der Waals surface area contributed by atoms with Gasteiger partial charge in [-0.05, 0) is 54.3 Å². The van der Waals surface area contributed by atoms with Gasteiger partial charge in [0.1, 0.15) is 23.6 Å². The number of hydrogen-bond donors (Lipinski definition) is 1. The summed E-state index contributed by atoms with van der Waals surface area (Å²) in [5, 5.41) is 4.70. The fourth-order valence-corrected chi connectivity index (χ4v) is 5.40. The zero-order valence-corrected chi connectivity index (χ0v) is 20.6. The highest BCUT2D eigenvalue weighted by Gasteiger charge is 2.50. The lowest BCUT2D eigenvalue weighted by atomic mass is 9.88. The van der Waals surface area contributed by atoms with E-state index < -0.39 is 17.5 Å². The maximum atomic E-state index is 13.6. The van der Waals surface area contributed by atoms with Gasteiger partial charge < -0.3 is 19.7 Å². The van der Waals surface area contributed by atoms with Crippen molar-refractivity contribution in [3.8, 4) is 11.5 Å². The molecule has 186 valence electrons. The van der Waals surface area contributed by atoms with Crippen LogP contribution in [-0.2, 0) is 15.1 Å². The first kappa shape index (κ1) is 23.7. The number of nitrogens with zero attached hydrogens (tertiary/aromatic N) is 2.